The van der Waals surface area contributed by atoms with Gasteiger partial charge >= 0.3 is 0 Å². The number of carbonyl (C=O) groups is 1. The molecule has 126 valence electrons. The number of rotatable bonds is 4. The first-order valence-corrected chi connectivity index (χ1v) is 8.77. The fourth-order valence-corrected chi connectivity index (χ4v) is 4.15. The maximum Gasteiger partial charge on any atom is 0.254 e. The molecule has 4 heteroatoms. The Balaban J connectivity index is 1.72. The van der Waals surface area contributed by atoms with Gasteiger partial charge in [0.25, 0.3) is 5.91 Å². The number of likely N-dealkylation sites (tertiary alicyclic amines) is 1. The van der Waals surface area contributed by atoms with E-state index in [4.69, 9.17) is 4.74 Å². The van der Waals surface area contributed by atoms with Crippen LogP contribution in [0.5, 0.6) is 0 Å². The molecule has 1 saturated carbocycles. The second-order valence-corrected chi connectivity index (χ2v) is 6.85. The van der Waals surface area contributed by atoms with Gasteiger partial charge in [-0.15, -0.1) is 0 Å². The summed E-state index contributed by atoms with van der Waals surface area (Å²) in [5.41, 5.74) is 1.81. The second kappa shape index (κ2) is 7.45. The number of nitrogens with zero attached hydrogens (tertiary/aromatic N) is 1. The van der Waals surface area contributed by atoms with Crippen molar-refractivity contribution in [1.82, 2.24) is 4.90 Å². The second-order valence-electron chi connectivity index (χ2n) is 6.85. The molecule has 1 aromatic carbocycles. The molecule has 3 rings (SSSR count). The molecule has 0 spiro atoms. The monoisotopic (exact) mass is 317 g/mol. The molecule has 0 radical (unpaired) electrons. The van der Waals surface area contributed by atoms with Gasteiger partial charge in [-0.05, 0) is 43.4 Å². The zero-order valence-electron chi connectivity index (χ0n) is 13.9. The van der Waals surface area contributed by atoms with Crippen molar-refractivity contribution in [1.29, 1.82) is 0 Å². The fraction of sp³-hybridized carbons (Fsp3) is 0.632. The van der Waals surface area contributed by atoms with Crippen molar-refractivity contribution in [3.8, 4) is 0 Å². The standard InChI is InChI=1S/C19H27NO3/c1-23-13-14-8-10-15(11-9-14)19(22)20-12-4-6-17(20)16-5-2-3-7-18(16)21/h8-11,16-18,21H,2-7,12-13H2,1H3/t16-,17-,18+/m1/s1. The zero-order chi connectivity index (χ0) is 16.2. The maximum atomic E-state index is 12.9. The van der Waals surface area contributed by atoms with E-state index in [1.54, 1.807) is 7.11 Å². The van der Waals surface area contributed by atoms with E-state index in [9.17, 15) is 9.90 Å². The van der Waals surface area contributed by atoms with Gasteiger partial charge in [0.05, 0.1) is 12.7 Å². The van der Waals surface area contributed by atoms with Crippen LogP contribution >= 0.6 is 0 Å². The van der Waals surface area contributed by atoms with Gasteiger partial charge in [0, 0.05) is 31.2 Å². The molecule has 1 heterocycles. The van der Waals surface area contributed by atoms with Crippen LogP contribution in [0.2, 0.25) is 0 Å². The van der Waals surface area contributed by atoms with Crippen molar-refractivity contribution < 1.29 is 14.6 Å². The van der Waals surface area contributed by atoms with Gasteiger partial charge in [0.2, 0.25) is 0 Å². The number of carbonyl (C=O) groups excluding carboxylic acids is 1. The Labute approximate surface area is 138 Å². The third-order valence-corrected chi connectivity index (χ3v) is 5.35. The summed E-state index contributed by atoms with van der Waals surface area (Å²) in [5, 5.41) is 10.3. The first-order chi connectivity index (χ1) is 11.2. The van der Waals surface area contributed by atoms with E-state index < -0.39 is 0 Å². The number of hydrogen-bond donors (Lipinski definition) is 1. The summed E-state index contributed by atoms with van der Waals surface area (Å²) in [7, 11) is 1.67. The molecule has 1 amide bonds. The molecule has 0 bridgehead atoms. The van der Waals surface area contributed by atoms with Crippen molar-refractivity contribution in [3.05, 3.63) is 35.4 Å². The highest BCUT2D eigenvalue weighted by Gasteiger charge is 2.39. The van der Waals surface area contributed by atoms with E-state index in [2.05, 4.69) is 0 Å². The fourth-order valence-electron chi connectivity index (χ4n) is 4.15. The molecule has 2 fully saturated rings. The maximum absolute atomic E-state index is 12.9. The molecule has 0 unspecified atom stereocenters. The van der Waals surface area contributed by atoms with Gasteiger partial charge in [0.1, 0.15) is 0 Å². The Morgan fingerprint density at radius 2 is 1.91 bits per heavy atom. The average molecular weight is 317 g/mol. The van der Waals surface area contributed by atoms with Crippen LogP contribution in [0.3, 0.4) is 0 Å². The van der Waals surface area contributed by atoms with Crippen LogP contribution < -0.4 is 0 Å². The molecule has 2 aliphatic rings. The minimum absolute atomic E-state index is 0.106. The van der Waals surface area contributed by atoms with E-state index in [0.29, 0.717) is 6.61 Å². The van der Waals surface area contributed by atoms with Crippen LogP contribution in [0.4, 0.5) is 0 Å². The van der Waals surface area contributed by atoms with Gasteiger partial charge in [0.15, 0.2) is 0 Å². The molecule has 1 aromatic rings. The SMILES string of the molecule is COCc1ccc(C(=O)N2CCC[C@@H]2[C@H]2CCCC[C@@H]2O)cc1. The van der Waals surface area contributed by atoms with E-state index in [-0.39, 0.29) is 24.0 Å². The Bertz CT molecular complexity index is 528. The zero-order valence-corrected chi connectivity index (χ0v) is 13.9. The largest absolute Gasteiger partial charge is 0.393 e. The summed E-state index contributed by atoms with van der Waals surface area (Å²) < 4.78 is 5.11. The average Bonchev–Trinajstić information content (AvgIpc) is 3.05. The van der Waals surface area contributed by atoms with E-state index >= 15 is 0 Å². The molecule has 1 aliphatic heterocycles. The normalized spacial score (nSPS) is 28.1. The lowest BCUT2D eigenvalue weighted by Crippen LogP contribution is -2.45. The minimum Gasteiger partial charge on any atom is -0.393 e. The molecule has 1 N–H and O–H groups in total. The van der Waals surface area contributed by atoms with Crippen LogP contribution in [0.25, 0.3) is 0 Å². The third kappa shape index (κ3) is 3.59. The lowest BCUT2D eigenvalue weighted by Gasteiger charge is -2.37. The van der Waals surface area contributed by atoms with Gasteiger partial charge in [-0.25, -0.2) is 0 Å². The highest BCUT2D eigenvalue weighted by atomic mass is 16.5. The molecular formula is C19H27NO3. The first kappa shape index (κ1) is 16.5. The van der Waals surface area contributed by atoms with Gasteiger partial charge in [-0.3, -0.25) is 4.79 Å². The summed E-state index contributed by atoms with van der Waals surface area (Å²) in [6.45, 7) is 1.38. The van der Waals surface area contributed by atoms with Crippen LogP contribution in [-0.4, -0.2) is 41.7 Å². The van der Waals surface area contributed by atoms with Crippen LogP contribution in [0.1, 0.15) is 54.4 Å². The topological polar surface area (TPSA) is 49.8 Å². The van der Waals surface area contributed by atoms with Crippen molar-refractivity contribution >= 4 is 5.91 Å². The number of hydrogen-bond acceptors (Lipinski definition) is 3. The first-order valence-electron chi connectivity index (χ1n) is 8.77. The van der Waals surface area contributed by atoms with Crippen molar-refractivity contribution in [2.45, 2.75) is 57.3 Å². The highest BCUT2D eigenvalue weighted by Crippen LogP contribution is 2.35. The van der Waals surface area contributed by atoms with Crippen LogP contribution in [0.15, 0.2) is 24.3 Å². The van der Waals surface area contributed by atoms with Gasteiger partial charge in [-0.1, -0.05) is 25.0 Å². The molecule has 23 heavy (non-hydrogen) atoms. The predicted molar refractivity (Wildman–Crippen MR) is 89.2 cm³/mol. The molecule has 1 saturated heterocycles. The summed E-state index contributed by atoms with van der Waals surface area (Å²) in [5.74, 6) is 0.359. The Kier molecular flexibility index (Phi) is 5.34. The van der Waals surface area contributed by atoms with E-state index in [1.165, 1.54) is 6.42 Å². The number of aliphatic hydroxyl groups excluding tert-OH is 1. The molecule has 0 aromatic heterocycles. The van der Waals surface area contributed by atoms with Crippen molar-refractivity contribution in [2.75, 3.05) is 13.7 Å². The summed E-state index contributed by atoms with van der Waals surface area (Å²) in [6.07, 6.45) is 6.03. The Morgan fingerprint density at radius 3 is 2.61 bits per heavy atom. The molecule has 3 atom stereocenters. The third-order valence-electron chi connectivity index (χ3n) is 5.35. The Hall–Kier alpha value is -1.39. The smallest absolute Gasteiger partial charge is 0.254 e. The predicted octanol–water partition coefficient (Wildman–Crippen LogP) is 2.99. The Morgan fingerprint density at radius 1 is 1.17 bits per heavy atom. The number of benzene rings is 1. The molecular weight excluding hydrogens is 290 g/mol. The number of amides is 1. The van der Waals surface area contributed by atoms with E-state index in [1.807, 2.05) is 29.2 Å². The molecule has 1 aliphatic carbocycles. The minimum atomic E-state index is -0.244. The quantitative estimate of drug-likeness (QED) is 0.929. The van der Waals surface area contributed by atoms with Gasteiger partial charge < -0.3 is 14.7 Å². The van der Waals surface area contributed by atoms with Crippen molar-refractivity contribution in [2.24, 2.45) is 5.92 Å². The number of aliphatic hydroxyl groups is 1. The molecule has 4 nitrogen and oxygen atoms in total. The van der Waals surface area contributed by atoms with Crippen molar-refractivity contribution in [3.63, 3.8) is 0 Å². The van der Waals surface area contributed by atoms with Crippen LogP contribution in [-0.2, 0) is 11.3 Å². The number of methoxy groups -OCH3 is 1. The van der Waals surface area contributed by atoms with E-state index in [0.717, 1.165) is 49.8 Å². The summed E-state index contributed by atoms with van der Waals surface area (Å²) in [4.78, 5) is 14.9. The summed E-state index contributed by atoms with van der Waals surface area (Å²) in [6, 6.07) is 7.90. The lowest BCUT2D eigenvalue weighted by atomic mass is 9.80. The summed E-state index contributed by atoms with van der Waals surface area (Å²) >= 11 is 0. The van der Waals surface area contributed by atoms with Crippen LogP contribution in [0, 0.1) is 5.92 Å². The lowest BCUT2D eigenvalue weighted by molar-refractivity contribution is 0.0211. The number of ether oxygens (including phenoxy) is 1. The highest BCUT2D eigenvalue weighted by molar-refractivity contribution is 5.94. The van der Waals surface area contributed by atoms with Gasteiger partial charge in [-0.2, -0.15) is 0 Å².